The summed E-state index contributed by atoms with van der Waals surface area (Å²) in [5, 5.41) is 14.9. The standard InChI is InChI=1S/C22H21N3O3S/c1-14(2)18-13-29-21(24-18)11-10-16-7-5-9-19(23-16)25-20(26)12-15-6-3-4-8-17(15)22(27)28/h3-11,13-14H,12H2,1-2H3,(H,27,28)(H,23,25,26). The molecule has 0 fully saturated rings. The minimum atomic E-state index is -1.05. The van der Waals surface area contributed by atoms with Gasteiger partial charge in [0.2, 0.25) is 5.91 Å². The predicted molar refractivity (Wildman–Crippen MR) is 115 cm³/mol. The van der Waals surface area contributed by atoms with Gasteiger partial charge >= 0.3 is 5.97 Å². The highest BCUT2D eigenvalue weighted by molar-refractivity contribution is 7.10. The Kier molecular flexibility index (Phi) is 6.51. The van der Waals surface area contributed by atoms with Crippen molar-refractivity contribution in [1.29, 1.82) is 0 Å². The fraction of sp³-hybridized carbons (Fsp3) is 0.182. The van der Waals surface area contributed by atoms with E-state index in [0.29, 0.717) is 23.0 Å². The second kappa shape index (κ2) is 9.25. The van der Waals surface area contributed by atoms with Crippen LogP contribution in [0, 0.1) is 0 Å². The molecular formula is C22H21N3O3S. The minimum absolute atomic E-state index is 0.0404. The number of nitrogens with one attached hydrogen (secondary N) is 1. The first-order chi connectivity index (χ1) is 13.9. The van der Waals surface area contributed by atoms with Crippen LogP contribution in [0.3, 0.4) is 0 Å². The van der Waals surface area contributed by atoms with Crippen molar-refractivity contribution in [2.45, 2.75) is 26.2 Å². The molecule has 6 nitrogen and oxygen atoms in total. The molecule has 1 aromatic carbocycles. The lowest BCUT2D eigenvalue weighted by molar-refractivity contribution is -0.115. The molecule has 2 N–H and O–H groups in total. The smallest absolute Gasteiger partial charge is 0.335 e. The van der Waals surface area contributed by atoms with Gasteiger partial charge in [-0.3, -0.25) is 4.79 Å². The summed E-state index contributed by atoms with van der Waals surface area (Å²) in [6, 6.07) is 11.8. The van der Waals surface area contributed by atoms with E-state index in [4.69, 9.17) is 0 Å². The fourth-order valence-corrected chi connectivity index (χ4v) is 3.53. The summed E-state index contributed by atoms with van der Waals surface area (Å²) in [5.41, 5.74) is 2.33. The van der Waals surface area contributed by atoms with Crippen LogP contribution in [0.4, 0.5) is 5.82 Å². The van der Waals surface area contributed by atoms with E-state index < -0.39 is 5.97 Å². The summed E-state index contributed by atoms with van der Waals surface area (Å²) in [5.74, 6) is -0.585. The summed E-state index contributed by atoms with van der Waals surface area (Å²) >= 11 is 1.57. The number of pyridine rings is 1. The van der Waals surface area contributed by atoms with Crippen LogP contribution in [0.15, 0.2) is 47.8 Å². The third-order valence-corrected chi connectivity index (χ3v) is 4.99. The first-order valence-electron chi connectivity index (χ1n) is 9.14. The highest BCUT2D eigenvalue weighted by atomic mass is 32.1. The van der Waals surface area contributed by atoms with Gasteiger partial charge < -0.3 is 10.4 Å². The van der Waals surface area contributed by atoms with Crippen molar-refractivity contribution in [2.75, 3.05) is 5.32 Å². The fourth-order valence-electron chi connectivity index (χ4n) is 2.66. The van der Waals surface area contributed by atoms with Crippen molar-refractivity contribution in [1.82, 2.24) is 9.97 Å². The topological polar surface area (TPSA) is 92.2 Å². The summed E-state index contributed by atoms with van der Waals surface area (Å²) in [6.07, 6.45) is 3.70. The van der Waals surface area contributed by atoms with Gasteiger partial charge in [0.1, 0.15) is 10.8 Å². The lowest BCUT2D eigenvalue weighted by Gasteiger charge is -2.07. The Morgan fingerprint density at radius 1 is 1.10 bits per heavy atom. The molecule has 0 atom stereocenters. The maximum absolute atomic E-state index is 12.3. The minimum Gasteiger partial charge on any atom is -0.478 e. The average molecular weight is 407 g/mol. The number of aromatic nitrogens is 2. The van der Waals surface area contributed by atoms with Gasteiger partial charge in [-0.05, 0) is 41.8 Å². The number of carbonyl (C=O) groups is 2. The molecule has 0 unspecified atom stereocenters. The average Bonchev–Trinajstić information content (AvgIpc) is 3.16. The molecule has 148 valence electrons. The van der Waals surface area contributed by atoms with Gasteiger partial charge in [-0.2, -0.15) is 0 Å². The first-order valence-corrected chi connectivity index (χ1v) is 10.0. The number of hydrogen-bond acceptors (Lipinski definition) is 5. The summed E-state index contributed by atoms with van der Waals surface area (Å²) in [6.45, 7) is 4.20. The zero-order valence-corrected chi connectivity index (χ0v) is 16.9. The zero-order valence-electron chi connectivity index (χ0n) is 16.1. The molecule has 0 aliphatic carbocycles. The van der Waals surface area contributed by atoms with Crippen molar-refractivity contribution < 1.29 is 14.7 Å². The van der Waals surface area contributed by atoms with E-state index in [9.17, 15) is 14.7 Å². The van der Waals surface area contributed by atoms with Crippen LogP contribution in [0.1, 0.15) is 52.1 Å². The van der Waals surface area contributed by atoms with Crippen LogP contribution in [-0.4, -0.2) is 27.0 Å². The molecule has 29 heavy (non-hydrogen) atoms. The maximum Gasteiger partial charge on any atom is 0.335 e. The Balaban J connectivity index is 1.67. The molecule has 2 aromatic heterocycles. The number of benzene rings is 1. The van der Waals surface area contributed by atoms with E-state index in [2.05, 4.69) is 29.1 Å². The van der Waals surface area contributed by atoms with Crippen LogP contribution >= 0.6 is 11.3 Å². The quantitative estimate of drug-likeness (QED) is 0.592. The van der Waals surface area contributed by atoms with E-state index in [1.54, 1.807) is 41.7 Å². The number of carboxylic acid groups (broad SMARTS) is 1. The molecule has 0 saturated heterocycles. The van der Waals surface area contributed by atoms with E-state index in [1.165, 1.54) is 6.07 Å². The van der Waals surface area contributed by atoms with Gasteiger partial charge in [-0.1, -0.05) is 38.1 Å². The third-order valence-electron chi connectivity index (χ3n) is 4.16. The van der Waals surface area contributed by atoms with Crippen molar-refractivity contribution in [3.8, 4) is 0 Å². The van der Waals surface area contributed by atoms with Crippen LogP contribution in [0.5, 0.6) is 0 Å². The normalized spacial score (nSPS) is 11.1. The number of aromatic carboxylic acids is 1. The Bertz CT molecular complexity index is 1060. The Morgan fingerprint density at radius 3 is 2.62 bits per heavy atom. The Labute approximate surface area is 173 Å². The van der Waals surface area contributed by atoms with E-state index >= 15 is 0 Å². The lowest BCUT2D eigenvalue weighted by atomic mass is 10.0. The molecule has 7 heteroatoms. The van der Waals surface area contributed by atoms with Crippen LogP contribution < -0.4 is 5.32 Å². The second-order valence-electron chi connectivity index (χ2n) is 6.73. The number of carboxylic acids is 1. The molecule has 0 saturated carbocycles. The number of anilines is 1. The molecule has 3 rings (SSSR count). The molecule has 0 radical (unpaired) electrons. The SMILES string of the molecule is CC(C)c1csc(C=Cc2cccc(NC(=O)Cc3ccccc3C(=O)O)n2)n1. The van der Waals surface area contributed by atoms with E-state index in [0.717, 1.165) is 10.7 Å². The van der Waals surface area contributed by atoms with Crippen molar-refractivity contribution >= 4 is 41.2 Å². The Hall–Kier alpha value is -3.32. The largest absolute Gasteiger partial charge is 0.478 e. The molecular weight excluding hydrogens is 386 g/mol. The lowest BCUT2D eigenvalue weighted by Crippen LogP contribution is -2.17. The van der Waals surface area contributed by atoms with Gasteiger partial charge in [-0.25, -0.2) is 14.8 Å². The van der Waals surface area contributed by atoms with Crippen LogP contribution in [0.25, 0.3) is 12.2 Å². The second-order valence-corrected chi connectivity index (χ2v) is 7.62. The zero-order chi connectivity index (χ0) is 20.8. The molecule has 0 aliphatic heterocycles. The van der Waals surface area contributed by atoms with Gasteiger partial charge in [0.15, 0.2) is 0 Å². The first kappa shape index (κ1) is 20.4. The van der Waals surface area contributed by atoms with E-state index in [1.807, 2.05) is 23.6 Å². The van der Waals surface area contributed by atoms with E-state index in [-0.39, 0.29) is 17.9 Å². The number of carbonyl (C=O) groups excluding carboxylic acids is 1. The molecule has 2 heterocycles. The number of rotatable bonds is 7. The highest BCUT2D eigenvalue weighted by Gasteiger charge is 2.13. The van der Waals surface area contributed by atoms with Gasteiger partial charge in [-0.15, -0.1) is 11.3 Å². The van der Waals surface area contributed by atoms with Crippen LogP contribution in [0.2, 0.25) is 0 Å². The number of amides is 1. The third kappa shape index (κ3) is 5.58. The molecule has 0 spiro atoms. The molecule has 0 bridgehead atoms. The summed E-state index contributed by atoms with van der Waals surface area (Å²) < 4.78 is 0. The highest BCUT2D eigenvalue weighted by Crippen LogP contribution is 2.19. The van der Waals surface area contributed by atoms with Gasteiger partial charge in [0, 0.05) is 5.38 Å². The number of nitrogens with zero attached hydrogens (tertiary/aromatic N) is 2. The Morgan fingerprint density at radius 2 is 1.90 bits per heavy atom. The maximum atomic E-state index is 12.3. The number of hydrogen-bond donors (Lipinski definition) is 2. The molecule has 1 amide bonds. The predicted octanol–water partition coefficient (Wildman–Crippen LogP) is 4.71. The van der Waals surface area contributed by atoms with Crippen molar-refractivity contribution in [3.05, 3.63) is 75.4 Å². The van der Waals surface area contributed by atoms with Gasteiger partial charge in [0.25, 0.3) is 0 Å². The monoisotopic (exact) mass is 407 g/mol. The van der Waals surface area contributed by atoms with Crippen LogP contribution in [-0.2, 0) is 11.2 Å². The van der Waals surface area contributed by atoms with Crippen molar-refractivity contribution in [2.24, 2.45) is 0 Å². The van der Waals surface area contributed by atoms with Crippen molar-refractivity contribution in [3.63, 3.8) is 0 Å². The van der Waals surface area contributed by atoms with Gasteiger partial charge in [0.05, 0.1) is 23.4 Å². The molecule has 0 aliphatic rings. The molecule has 3 aromatic rings. The summed E-state index contributed by atoms with van der Waals surface area (Å²) in [4.78, 5) is 32.6. The summed E-state index contributed by atoms with van der Waals surface area (Å²) in [7, 11) is 0. The number of thiazole rings is 1.